The fourth-order valence-corrected chi connectivity index (χ4v) is 2.38. The topological polar surface area (TPSA) is 73.6 Å². The first-order valence-electron chi connectivity index (χ1n) is 7.29. The van der Waals surface area contributed by atoms with Gasteiger partial charge in [0.15, 0.2) is 0 Å². The highest BCUT2D eigenvalue weighted by Gasteiger charge is 2.29. The molecule has 1 heterocycles. The molecule has 0 radical (unpaired) electrons. The average Bonchev–Trinajstić information content (AvgIpc) is 2.39. The van der Waals surface area contributed by atoms with Crippen LogP contribution in [0, 0.1) is 5.92 Å². The molecule has 3 N–H and O–H groups in total. The van der Waals surface area contributed by atoms with Crippen molar-refractivity contribution in [2.45, 2.75) is 45.1 Å². The van der Waals surface area contributed by atoms with Gasteiger partial charge in [0.1, 0.15) is 0 Å². The van der Waals surface area contributed by atoms with E-state index in [-0.39, 0.29) is 5.91 Å². The lowest BCUT2D eigenvalue weighted by Gasteiger charge is -2.27. The van der Waals surface area contributed by atoms with E-state index in [4.69, 9.17) is 15.2 Å². The zero-order valence-electron chi connectivity index (χ0n) is 12.2. The Hall–Kier alpha value is -0.650. The van der Waals surface area contributed by atoms with Crippen LogP contribution in [0.25, 0.3) is 0 Å². The molecule has 1 rings (SSSR count). The van der Waals surface area contributed by atoms with Crippen LogP contribution in [0.1, 0.15) is 39.5 Å². The number of nitrogens with one attached hydrogen (secondary N) is 1. The number of hydrogen-bond donors (Lipinski definition) is 2. The van der Waals surface area contributed by atoms with Gasteiger partial charge in [0.2, 0.25) is 5.91 Å². The van der Waals surface area contributed by atoms with E-state index in [1.165, 1.54) is 0 Å². The van der Waals surface area contributed by atoms with Crippen LogP contribution in [0.4, 0.5) is 0 Å². The molecule has 0 bridgehead atoms. The zero-order valence-corrected chi connectivity index (χ0v) is 12.2. The fraction of sp³-hybridized carbons (Fsp3) is 0.929. The van der Waals surface area contributed by atoms with Crippen LogP contribution in [-0.2, 0) is 14.3 Å². The van der Waals surface area contributed by atoms with Gasteiger partial charge in [-0.2, -0.15) is 0 Å². The Balaban J connectivity index is 2.12. The number of likely N-dealkylation sites (N-methyl/N-ethyl adjacent to an activating group) is 1. The van der Waals surface area contributed by atoms with Gasteiger partial charge < -0.3 is 20.5 Å². The van der Waals surface area contributed by atoms with Crippen molar-refractivity contribution in [3.8, 4) is 0 Å². The lowest BCUT2D eigenvalue weighted by atomic mass is 9.95. The second-order valence-corrected chi connectivity index (χ2v) is 5.46. The van der Waals surface area contributed by atoms with Crippen molar-refractivity contribution in [1.82, 2.24) is 5.32 Å². The van der Waals surface area contributed by atoms with Crippen molar-refractivity contribution in [1.29, 1.82) is 0 Å². The van der Waals surface area contributed by atoms with E-state index in [1.54, 1.807) is 0 Å². The molecule has 5 heteroatoms. The molecule has 1 amide bonds. The minimum absolute atomic E-state index is 0.293. The molecule has 19 heavy (non-hydrogen) atoms. The Morgan fingerprint density at radius 1 is 1.47 bits per heavy atom. The number of rotatable bonds is 9. The lowest BCUT2D eigenvalue weighted by Crippen LogP contribution is -2.53. The maximum Gasteiger partial charge on any atom is 0.237 e. The highest BCUT2D eigenvalue weighted by Crippen LogP contribution is 2.16. The first-order chi connectivity index (χ1) is 9.08. The summed E-state index contributed by atoms with van der Waals surface area (Å²) >= 11 is 0. The Morgan fingerprint density at radius 2 is 2.16 bits per heavy atom. The van der Waals surface area contributed by atoms with E-state index < -0.39 is 5.54 Å². The Labute approximate surface area is 116 Å². The van der Waals surface area contributed by atoms with Crippen molar-refractivity contribution in [3.05, 3.63) is 0 Å². The normalized spacial score (nSPS) is 20.1. The van der Waals surface area contributed by atoms with Crippen molar-refractivity contribution >= 4 is 5.91 Å². The third kappa shape index (κ3) is 5.89. The standard InChI is InChI=1S/C14H28N2O3/c1-3-16-14(2,13(15)17)7-4-8-19-11-12-5-9-18-10-6-12/h12,16H,3-11H2,1-2H3,(H2,15,17). The van der Waals surface area contributed by atoms with Gasteiger partial charge in [-0.25, -0.2) is 0 Å². The Kier molecular flexibility index (Phi) is 7.34. The molecule has 0 aromatic rings. The average molecular weight is 272 g/mol. The van der Waals surface area contributed by atoms with E-state index >= 15 is 0 Å². The van der Waals surface area contributed by atoms with Crippen molar-refractivity contribution in [2.24, 2.45) is 11.7 Å². The SMILES string of the molecule is CCNC(C)(CCCOCC1CCOCC1)C(N)=O. The van der Waals surface area contributed by atoms with Gasteiger partial charge in [-0.3, -0.25) is 4.79 Å². The van der Waals surface area contributed by atoms with Gasteiger partial charge in [-0.1, -0.05) is 6.92 Å². The Bertz CT molecular complexity index is 267. The second kappa shape index (κ2) is 8.51. The highest BCUT2D eigenvalue weighted by molar-refractivity contribution is 5.84. The number of amides is 1. The number of primary amides is 1. The van der Waals surface area contributed by atoms with E-state index in [0.29, 0.717) is 18.9 Å². The molecule has 1 fully saturated rings. The summed E-state index contributed by atoms with van der Waals surface area (Å²) in [5.74, 6) is 0.337. The molecule has 5 nitrogen and oxygen atoms in total. The number of hydrogen-bond acceptors (Lipinski definition) is 4. The van der Waals surface area contributed by atoms with Crippen LogP contribution in [0.15, 0.2) is 0 Å². The maximum absolute atomic E-state index is 11.4. The molecule has 1 atom stereocenters. The van der Waals surface area contributed by atoms with E-state index in [2.05, 4.69) is 5.32 Å². The van der Waals surface area contributed by atoms with Crippen molar-refractivity contribution in [2.75, 3.05) is 33.0 Å². The van der Waals surface area contributed by atoms with Crippen LogP contribution in [0.5, 0.6) is 0 Å². The second-order valence-electron chi connectivity index (χ2n) is 5.46. The fourth-order valence-electron chi connectivity index (χ4n) is 2.38. The van der Waals surface area contributed by atoms with Crippen molar-refractivity contribution < 1.29 is 14.3 Å². The van der Waals surface area contributed by atoms with Gasteiger partial charge in [-0.05, 0) is 45.1 Å². The third-order valence-corrected chi connectivity index (χ3v) is 3.77. The van der Waals surface area contributed by atoms with E-state index in [1.807, 2.05) is 13.8 Å². The molecular weight excluding hydrogens is 244 g/mol. The van der Waals surface area contributed by atoms with Gasteiger partial charge in [0, 0.05) is 26.4 Å². The number of ether oxygens (including phenoxy) is 2. The van der Waals surface area contributed by atoms with Crippen LogP contribution in [0.2, 0.25) is 0 Å². The highest BCUT2D eigenvalue weighted by atomic mass is 16.5. The smallest absolute Gasteiger partial charge is 0.237 e. The van der Waals surface area contributed by atoms with Crippen molar-refractivity contribution in [3.63, 3.8) is 0 Å². The van der Waals surface area contributed by atoms with E-state index in [9.17, 15) is 4.79 Å². The minimum Gasteiger partial charge on any atom is -0.381 e. The predicted octanol–water partition coefficient (Wildman–Crippen LogP) is 1.06. The monoisotopic (exact) mass is 272 g/mol. The summed E-state index contributed by atoms with van der Waals surface area (Å²) in [6.45, 7) is 7.77. The van der Waals surface area contributed by atoms with Crippen LogP contribution >= 0.6 is 0 Å². The number of carbonyl (C=O) groups is 1. The Morgan fingerprint density at radius 3 is 2.74 bits per heavy atom. The van der Waals surface area contributed by atoms with Gasteiger partial charge >= 0.3 is 0 Å². The molecule has 1 aliphatic heterocycles. The lowest BCUT2D eigenvalue weighted by molar-refractivity contribution is -0.124. The molecule has 0 spiro atoms. The first-order valence-corrected chi connectivity index (χ1v) is 7.29. The molecule has 0 aromatic heterocycles. The molecule has 1 unspecified atom stereocenters. The van der Waals surface area contributed by atoms with Crippen LogP contribution in [0.3, 0.4) is 0 Å². The first kappa shape index (κ1) is 16.4. The summed E-state index contributed by atoms with van der Waals surface area (Å²) in [5.41, 5.74) is 4.82. The van der Waals surface area contributed by atoms with Gasteiger partial charge in [-0.15, -0.1) is 0 Å². The molecule has 1 saturated heterocycles. The summed E-state index contributed by atoms with van der Waals surface area (Å²) < 4.78 is 11.0. The number of nitrogens with two attached hydrogens (primary N) is 1. The van der Waals surface area contributed by atoms with E-state index in [0.717, 1.165) is 45.6 Å². The summed E-state index contributed by atoms with van der Waals surface area (Å²) in [4.78, 5) is 11.4. The molecule has 0 aliphatic carbocycles. The largest absolute Gasteiger partial charge is 0.381 e. The molecular formula is C14H28N2O3. The number of carbonyl (C=O) groups excluding carboxylic acids is 1. The molecule has 0 aromatic carbocycles. The van der Waals surface area contributed by atoms with Crippen LogP contribution in [-0.4, -0.2) is 44.4 Å². The minimum atomic E-state index is -0.614. The van der Waals surface area contributed by atoms with Crippen LogP contribution < -0.4 is 11.1 Å². The summed E-state index contributed by atoms with van der Waals surface area (Å²) in [5, 5.41) is 3.15. The molecule has 0 saturated carbocycles. The summed E-state index contributed by atoms with van der Waals surface area (Å²) in [6, 6.07) is 0. The zero-order chi connectivity index (χ0) is 14.1. The molecule has 112 valence electrons. The van der Waals surface area contributed by atoms with Gasteiger partial charge in [0.05, 0.1) is 5.54 Å². The predicted molar refractivity (Wildman–Crippen MR) is 74.9 cm³/mol. The summed E-state index contributed by atoms with van der Waals surface area (Å²) in [7, 11) is 0. The quantitative estimate of drug-likeness (QED) is 0.616. The van der Waals surface area contributed by atoms with Gasteiger partial charge in [0.25, 0.3) is 0 Å². The third-order valence-electron chi connectivity index (χ3n) is 3.77. The summed E-state index contributed by atoms with van der Waals surface area (Å²) in [6.07, 6.45) is 3.74. The molecule has 1 aliphatic rings. The maximum atomic E-state index is 11.4.